The second kappa shape index (κ2) is 14.3. The van der Waals surface area contributed by atoms with Gasteiger partial charge in [0.05, 0.1) is 28.0 Å². The summed E-state index contributed by atoms with van der Waals surface area (Å²) in [4.78, 5) is 19.1. The summed E-state index contributed by atoms with van der Waals surface area (Å²) in [5.41, 5.74) is 1.63. The van der Waals surface area contributed by atoms with E-state index in [1.807, 2.05) is 25.1 Å². The summed E-state index contributed by atoms with van der Waals surface area (Å²) >= 11 is 7.19. The number of hydrogen-bond acceptors (Lipinski definition) is 12. The van der Waals surface area contributed by atoms with Crippen LogP contribution in [0.2, 0.25) is 5.02 Å². The van der Waals surface area contributed by atoms with E-state index in [4.69, 9.17) is 21.1 Å². The van der Waals surface area contributed by atoms with Crippen LogP contribution in [0.15, 0.2) is 42.9 Å². The van der Waals surface area contributed by atoms with E-state index in [0.717, 1.165) is 27.4 Å². The van der Waals surface area contributed by atoms with Gasteiger partial charge in [-0.1, -0.05) is 16.8 Å². The highest BCUT2D eigenvalue weighted by atomic mass is 35.5. The summed E-state index contributed by atoms with van der Waals surface area (Å²) in [5.74, 6) is -2.06. The highest BCUT2D eigenvalue weighted by Gasteiger charge is 2.50. The predicted octanol–water partition coefficient (Wildman–Crippen LogP) is 2.47. The molecule has 4 heterocycles. The Bertz CT molecular complexity index is 1900. The lowest BCUT2D eigenvalue weighted by Gasteiger charge is -2.43. The zero-order valence-electron chi connectivity index (χ0n) is 26.0. The largest absolute Gasteiger partial charge is 0.394 e. The van der Waals surface area contributed by atoms with E-state index in [1.54, 1.807) is 18.7 Å². The molecule has 1 amide bonds. The van der Waals surface area contributed by atoms with Gasteiger partial charge in [-0.3, -0.25) is 9.36 Å². The number of benzene rings is 2. The summed E-state index contributed by atoms with van der Waals surface area (Å²) in [6, 6.07) is 6.54. The van der Waals surface area contributed by atoms with Crippen LogP contribution in [0.4, 0.5) is 8.78 Å². The van der Waals surface area contributed by atoms with Crippen molar-refractivity contribution in [3.8, 4) is 16.9 Å². The van der Waals surface area contributed by atoms with Gasteiger partial charge < -0.3 is 29.9 Å². The molecule has 48 heavy (non-hydrogen) atoms. The van der Waals surface area contributed by atoms with Crippen LogP contribution in [0.25, 0.3) is 27.2 Å². The molecule has 18 heteroatoms. The number of carbonyl (C=O) groups excluding carboxylic acids is 1. The van der Waals surface area contributed by atoms with E-state index < -0.39 is 60.3 Å². The second-order valence-electron chi connectivity index (χ2n) is 11.2. The summed E-state index contributed by atoms with van der Waals surface area (Å²) in [5, 5.41) is 41.8. The number of hydrogen-bond donors (Lipinski definition) is 3. The Balaban J connectivity index is 1.41. The Labute approximate surface area is 281 Å². The number of nitrogens with one attached hydrogen (secondary N) is 1. The smallest absolute Gasteiger partial charge is 0.248 e. The van der Waals surface area contributed by atoms with Crippen LogP contribution in [-0.2, 0) is 14.3 Å². The number of likely N-dealkylation sites (N-methyl/N-ethyl adjacent to an activating group) is 2. The summed E-state index contributed by atoms with van der Waals surface area (Å²) < 4.78 is 45.0. The van der Waals surface area contributed by atoms with Gasteiger partial charge in [0.1, 0.15) is 65.7 Å². The van der Waals surface area contributed by atoms with Gasteiger partial charge in [-0.15, -0.1) is 26.6 Å². The van der Waals surface area contributed by atoms with Crippen LogP contribution < -0.4 is 5.32 Å². The molecule has 6 rings (SSSR count). The SMILES string of the molecule is CNCCN(C)C(=O)CO[C@@H]1[C@@H](n2cc(-c3cc(F)c(Cl)c(F)c3)nn2)[C@@H](O)[C@@H](CO)O[C@H]1c1nncn1-c1ccc2nc(C)sc2c1. The number of carbonyl (C=O) groups is 1. The lowest BCUT2D eigenvalue weighted by atomic mass is 9.91. The van der Waals surface area contributed by atoms with E-state index in [2.05, 4.69) is 30.8 Å². The van der Waals surface area contributed by atoms with Gasteiger partial charge in [0, 0.05) is 31.4 Å². The quantitative estimate of drug-likeness (QED) is 0.173. The summed E-state index contributed by atoms with van der Waals surface area (Å²) in [7, 11) is 3.40. The van der Waals surface area contributed by atoms with Crippen molar-refractivity contribution in [2.24, 2.45) is 0 Å². The fourth-order valence-corrected chi connectivity index (χ4v) is 6.52. The van der Waals surface area contributed by atoms with Gasteiger partial charge in [-0.05, 0) is 44.3 Å². The fraction of sp³-hybridized carbons (Fsp3) is 0.400. The molecule has 0 spiro atoms. The molecule has 0 bridgehead atoms. The number of aliphatic hydroxyl groups is 2. The zero-order valence-corrected chi connectivity index (χ0v) is 27.6. The predicted molar refractivity (Wildman–Crippen MR) is 171 cm³/mol. The number of aliphatic hydroxyl groups excluding tert-OH is 2. The zero-order chi connectivity index (χ0) is 34.1. The van der Waals surface area contributed by atoms with Crippen molar-refractivity contribution in [1.82, 2.24) is 45.0 Å². The van der Waals surface area contributed by atoms with Gasteiger partial charge in [0.15, 0.2) is 5.82 Å². The molecule has 1 aliphatic rings. The normalized spacial score (nSPS) is 21.2. The van der Waals surface area contributed by atoms with Crippen molar-refractivity contribution in [2.45, 2.75) is 37.4 Å². The minimum absolute atomic E-state index is 0.0460. The molecule has 0 radical (unpaired) electrons. The van der Waals surface area contributed by atoms with E-state index in [9.17, 15) is 23.8 Å². The average molecular weight is 704 g/mol. The first-order valence-corrected chi connectivity index (χ1v) is 16.1. The molecule has 1 aliphatic heterocycles. The minimum atomic E-state index is -1.44. The van der Waals surface area contributed by atoms with Crippen molar-refractivity contribution in [2.75, 3.05) is 40.4 Å². The molecule has 1 saturated heterocycles. The molecule has 3 N–H and O–H groups in total. The Kier molecular flexibility index (Phi) is 10.1. The second-order valence-corrected chi connectivity index (χ2v) is 12.8. The highest BCUT2D eigenvalue weighted by Crippen LogP contribution is 2.41. The lowest BCUT2D eigenvalue weighted by Crippen LogP contribution is -2.54. The number of amides is 1. The summed E-state index contributed by atoms with van der Waals surface area (Å²) in [6.07, 6.45) is -2.00. The van der Waals surface area contributed by atoms with Crippen LogP contribution in [0, 0.1) is 18.6 Å². The van der Waals surface area contributed by atoms with Crippen LogP contribution in [0.1, 0.15) is 23.0 Å². The molecule has 5 aromatic rings. The number of thiazole rings is 1. The Morgan fingerprint density at radius 3 is 2.73 bits per heavy atom. The van der Waals surface area contributed by atoms with Crippen molar-refractivity contribution >= 4 is 39.1 Å². The average Bonchev–Trinajstić information content (AvgIpc) is 3.84. The van der Waals surface area contributed by atoms with Gasteiger partial charge in [0.25, 0.3) is 0 Å². The van der Waals surface area contributed by atoms with Crippen LogP contribution >= 0.6 is 22.9 Å². The molecule has 2 aromatic carbocycles. The van der Waals surface area contributed by atoms with Crippen molar-refractivity contribution in [3.63, 3.8) is 0 Å². The monoisotopic (exact) mass is 703 g/mol. The third-order valence-corrected chi connectivity index (χ3v) is 9.37. The first kappa shape index (κ1) is 33.9. The first-order valence-electron chi connectivity index (χ1n) is 14.9. The topological polar surface area (TPSA) is 166 Å². The van der Waals surface area contributed by atoms with Crippen LogP contribution in [-0.4, -0.2) is 114 Å². The molecule has 0 unspecified atom stereocenters. The van der Waals surface area contributed by atoms with E-state index in [-0.39, 0.29) is 23.0 Å². The molecular formula is C30H32ClF2N9O5S. The third-order valence-electron chi connectivity index (χ3n) is 8.07. The van der Waals surface area contributed by atoms with Gasteiger partial charge >= 0.3 is 0 Å². The molecule has 1 fully saturated rings. The molecule has 5 atom stereocenters. The number of ether oxygens (including phenoxy) is 2. The molecule has 254 valence electrons. The van der Waals surface area contributed by atoms with Gasteiger partial charge in [0.2, 0.25) is 5.91 Å². The molecule has 0 aliphatic carbocycles. The third kappa shape index (κ3) is 6.67. The number of aromatic nitrogens is 7. The van der Waals surface area contributed by atoms with Crippen molar-refractivity contribution < 1.29 is 33.3 Å². The van der Waals surface area contributed by atoms with E-state index >= 15 is 0 Å². The molecule has 14 nitrogen and oxygen atoms in total. The molecule has 0 saturated carbocycles. The van der Waals surface area contributed by atoms with Gasteiger partial charge in [-0.25, -0.2) is 18.4 Å². The Morgan fingerprint density at radius 2 is 2.00 bits per heavy atom. The Hall–Kier alpha value is -3.97. The highest BCUT2D eigenvalue weighted by molar-refractivity contribution is 7.18. The van der Waals surface area contributed by atoms with Crippen molar-refractivity contribution in [3.05, 3.63) is 70.3 Å². The number of fused-ring (bicyclic) bond motifs is 1. The number of rotatable bonds is 11. The van der Waals surface area contributed by atoms with Crippen LogP contribution in [0.3, 0.4) is 0 Å². The molecular weight excluding hydrogens is 672 g/mol. The first-order chi connectivity index (χ1) is 23.1. The minimum Gasteiger partial charge on any atom is -0.394 e. The lowest BCUT2D eigenvalue weighted by molar-refractivity contribution is -0.224. The maximum absolute atomic E-state index is 14.3. The van der Waals surface area contributed by atoms with Gasteiger partial charge in [-0.2, -0.15) is 0 Å². The number of halogens is 3. The molecule has 3 aromatic heterocycles. The van der Waals surface area contributed by atoms with E-state index in [1.165, 1.54) is 33.4 Å². The van der Waals surface area contributed by atoms with Crippen LogP contribution in [0.5, 0.6) is 0 Å². The number of nitrogens with zero attached hydrogens (tertiary/aromatic N) is 8. The summed E-state index contributed by atoms with van der Waals surface area (Å²) in [6.45, 7) is 1.88. The standard InChI is InChI=1S/C30H32ClF2N9O5S/c1-15-36-20-5-4-17(10-23(20)48-15)41-14-35-38-30(41)29-28(46-13-24(44)40(3)7-6-34-2)26(27(45)22(12-43)47-29)42-11-21(37-39-42)16-8-18(32)25(31)19(33)9-16/h4-5,8-11,14,22,26-29,34,43,45H,6-7,12-13H2,1-3H3/t22-,26+,27+,28-,29-/m1/s1. The number of aryl methyl sites for hydroxylation is 1. The maximum atomic E-state index is 14.3. The maximum Gasteiger partial charge on any atom is 0.248 e. The Morgan fingerprint density at radius 1 is 1.23 bits per heavy atom. The van der Waals surface area contributed by atoms with E-state index in [0.29, 0.717) is 18.8 Å². The fourth-order valence-electron chi connectivity index (χ4n) is 5.55. The van der Waals surface area contributed by atoms with Crippen molar-refractivity contribution in [1.29, 1.82) is 0 Å².